The van der Waals surface area contributed by atoms with Crippen molar-refractivity contribution in [3.8, 4) is 28.8 Å². The third-order valence-corrected chi connectivity index (χ3v) is 3.99. The number of methoxy groups -OCH3 is 2. The summed E-state index contributed by atoms with van der Waals surface area (Å²) in [4.78, 5) is 8.92. The van der Waals surface area contributed by atoms with Crippen LogP contribution in [0.5, 0.6) is 17.4 Å². The number of pyridine rings is 1. The zero-order valence-electron chi connectivity index (χ0n) is 14.9. The second-order valence-corrected chi connectivity index (χ2v) is 5.72. The first-order chi connectivity index (χ1) is 13.3. The minimum Gasteiger partial charge on any atom is -0.497 e. The summed E-state index contributed by atoms with van der Waals surface area (Å²) < 4.78 is 21.6. The van der Waals surface area contributed by atoms with E-state index in [1.165, 1.54) is 0 Å². The normalized spacial score (nSPS) is 10.7. The van der Waals surface area contributed by atoms with Crippen LogP contribution in [0.15, 0.2) is 59.1 Å². The quantitative estimate of drug-likeness (QED) is 0.514. The summed E-state index contributed by atoms with van der Waals surface area (Å²) in [7, 11) is 3.18. The minimum atomic E-state index is 0.175. The number of fused-ring (bicyclic) bond motifs is 1. The molecule has 0 spiro atoms. The number of ether oxygens (including phenoxy) is 3. The predicted octanol–water partition coefficient (Wildman–Crippen LogP) is 3.88. The Labute approximate surface area is 155 Å². The number of benzene rings is 2. The Morgan fingerprint density at radius 1 is 0.889 bits per heavy atom. The van der Waals surface area contributed by atoms with Gasteiger partial charge in [0.05, 0.1) is 25.3 Å². The Morgan fingerprint density at radius 3 is 2.52 bits per heavy atom. The monoisotopic (exact) mass is 363 g/mol. The lowest BCUT2D eigenvalue weighted by molar-refractivity contribution is 0.243. The highest BCUT2D eigenvalue weighted by Gasteiger charge is 2.16. The molecule has 4 rings (SSSR count). The highest BCUT2D eigenvalue weighted by molar-refractivity contribution is 5.86. The van der Waals surface area contributed by atoms with Crippen molar-refractivity contribution in [2.75, 3.05) is 14.2 Å². The maximum atomic E-state index is 5.64. The van der Waals surface area contributed by atoms with Crippen molar-refractivity contribution in [3.63, 3.8) is 0 Å². The molecule has 0 bridgehead atoms. The van der Waals surface area contributed by atoms with E-state index in [1.54, 1.807) is 14.2 Å². The van der Waals surface area contributed by atoms with Crippen molar-refractivity contribution in [3.05, 3.63) is 60.5 Å². The van der Waals surface area contributed by atoms with Gasteiger partial charge in [-0.25, -0.2) is 4.98 Å². The Balaban J connectivity index is 1.64. The maximum absolute atomic E-state index is 5.64. The third kappa shape index (κ3) is 3.52. The van der Waals surface area contributed by atoms with Crippen molar-refractivity contribution < 1.29 is 18.7 Å². The van der Waals surface area contributed by atoms with Crippen LogP contribution in [0, 0.1) is 0 Å². The number of hydrogen-bond acceptors (Lipinski definition) is 7. The summed E-state index contributed by atoms with van der Waals surface area (Å²) in [5, 5.41) is 4.93. The van der Waals surface area contributed by atoms with Crippen LogP contribution in [0.25, 0.3) is 22.3 Å². The molecule has 0 fully saturated rings. The van der Waals surface area contributed by atoms with Gasteiger partial charge in [0, 0.05) is 5.39 Å². The molecule has 0 unspecified atom stereocenters. The molecule has 0 atom stereocenters. The summed E-state index contributed by atoms with van der Waals surface area (Å²) in [6.07, 6.45) is 0. The van der Waals surface area contributed by atoms with Gasteiger partial charge in [0.25, 0.3) is 5.89 Å². The Bertz CT molecular complexity index is 1060. The van der Waals surface area contributed by atoms with Crippen LogP contribution in [0.2, 0.25) is 0 Å². The van der Waals surface area contributed by atoms with Crippen molar-refractivity contribution in [2.24, 2.45) is 0 Å². The molecule has 0 saturated heterocycles. The molecule has 4 aromatic rings. The van der Waals surface area contributed by atoms with E-state index in [4.69, 9.17) is 18.7 Å². The lowest BCUT2D eigenvalue weighted by atomic mass is 10.1. The summed E-state index contributed by atoms with van der Waals surface area (Å²) in [5.74, 6) is 2.64. The van der Waals surface area contributed by atoms with Gasteiger partial charge in [-0.1, -0.05) is 23.4 Å². The fraction of sp³-hybridized carbons (Fsp3) is 0.150. The molecule has 27 heavy (non-hydrogen) atoms. The van der Waals surface area contributed by atoms with Gasteiger partial charge in [0.1, 0.15) is 11.5 Å². The lowest BCUT2D eigenvalue weighted by Gasteiger charge is -2.07. The predicted molar refractivity (Wildman–Crippen MR) is 98.9 cm³/mol. The largest absolute Gasteiger partial charge is 0.497 e. The van der Waals surface area contributed by atoms with E-state index in [9.17, 15) is 0 Å². The fourth-order valence-electron chi connectivity index (χ4n) is 2.66. The Kier molecular flexibility index (Phi) is 4.57. The SMILES string of the molecule is COc1ccc2nc(OC)c(-c3noc(COc4ccccc4)n3)cc2c1. The molecule has 7 nitrogen and oxygen atoms in total. The van der Waals surface area contributed by atoms with E-state index in [2.05, 4.69) is 15.1 Å². The van der Waals surface area contributed by atoms with E-state index in [0.717, 1.165) is 22.4 Å². The lowest BCUT2D eigenvalue weighted by Crippen LogP contribution is -1.96. The second-order valence-electron chi connectivity index (χ2n) is 5.72. The third-order valence-electron chi connectivity index (χ3n) is 3.99. The number of hydrogen-bond donors (Lipinski definition) is 0. The average Bonchev–Trinajstić information content (AvgIpc) is 3.20. The van der Waals surface area contributed by atoms with Crippen molar-refractivity contribution in [1.82, 2.24) is 15.1 Å². The number of nitrogens with zero attached hydrogens (tertiary/aromatic N) is 3. The molecule has 2 heterocycles. The van der Waals surface area contributed by atoms with Crippen LogP contribution in [-0.4, -0.2) is 29.3 Å². The van der Waals surface area contributed by atoms with Crippen molar-refractivity contribution in [2.45, 2.75) is 6.61 Å². The molecule has 0 N–H and O–H groups in total. The summed E-state index contributed by atoms with van der Waals surface area (Å²) >= 11 is 0. The first-order valence-electron chi connectivity index (χ1n) is 8.30. The van der Waals surface area contributed by atoms with E-state index < -0.39 is 0 Å². The number of aromatic nitrogens is 3. The first-order valence-corrected chi connectivity index (χ1v) is 8.30. The van der Waals surface area contributed by atoms with Crippen LogP contribution in [0.3, 0.4) is 0 Å². The molecular weight excluding hydrogens is 346 g/mol. The summed E-state index contributed by atoms with van der Waals surface area (Å²) in [6, 6.07) is 17.0. The van der Waals surface area contributed by atoms with Gasteiger partial charge in [0.15, 0.2) is 6.61 Å². The highest BCUT2D eigenvalue weighted by Crippen LogP contribution is 2.31. The molecule has 2 aromatic carbocycles. The van der Waals surface area contributed by atoms with Gasteiger partial charge in [-0.15, -0.1) is 0 Å². The Morgan fingerprint density at radius 2 is 1.74 bits per heavy atom. The maximum Gasteiger partial charge on any atom is 0.264 e. The van der Waals surface area contributed by atoms with Crippen LogP contribution < -0.4 is 14.2 Å². The summed E-state index contributed by atoms with van der Waals surface area (Å²) in [5.41, 5.74) is 1.42. The van der Waals surface area contributed by atoms with E-state index in [1.807, 2.05) is 54.6 Å². The molecule has 0 aliphatic rings. The van der Waals surface area contributed by atoms with Gasteiger partial charge in [-0.2, -0.15) is 4.98 Å². The fourth-order valence-corrected chi connectivity index (χ4v) is 2.66. The Hall–Kier alpha value is -3.61. The van der Waals surface area contributed by atoms with Crippen LogP contribution >= 0.6 is 0 Å². The van der Waals surface area contributed by atoms with Crippen molar-refractivity contribution >= 4 is 10.9 Å². The zero-order chi connectivity index (χ0) is 18.6. The molecule has 136 valence electrons. The molecule has 7 heteroatoms. The van der Waals surface area contributed by atoms with E-state index >= 15 is 0 Å². The van der Waals surface area contributed by atoms with Crippen LogP contribution in [-0.2, 0) is 6.61 Å². The van der Waals surface area contributed by atoms with Gasteiger partial charge < -0.3 is 18.7 Å². The van der Waals surface area contributed by atoms with Gasteiger partial charge >= 0.3 is 0 Å². The molecule has 0 radical (unpaired) electrons. The molecule has 0 aliphatic carbocycles. The zero-order valence-corrected chi connectivity index (χ0v) is 14.9. The second kappa shape index (κ2) is 7.33. The van der Waals surface area contributed by atoms with Crippen molar-refractivity contribution in [1.29, 1.82) is 0 Å². The molecule has 2 aromatic heterocycles. The summed E-state index contributed by atoms with van der Waals surface area (Å²) in [6.45, 7) is 0.175. The first kappa shape index (κ1) is 16.8. The molecule has 0 aliphatic heterocycles. The number of para-hydroxylation sites is 1. The molecule has 0 amide bonds. The van der Waals surface area contributed by atoms with Crippen LogP contribution in [0.1, 0.15) is 5.89 Å². The van der Waals surface area contributed by atoms with Gasteiger partial charge in [0.2, 0.25) is 11.7 Å². The minimum absolute atomic E-state index is 0.175. The van der Waals surface area contributed by atoms with Crippen LogP contribution in [0.4, 0.5) is 0 Å². The standard InChI is InChI=1S/C20H17N3O4/c1-24-15-8-9-17-13(10-15)11-16(20(21-17)25-2)19-22-18(27-23-19)12-26-14-6-4-3-5-7-14/h3-11H,12H2,1-2H3. The van der Waals surface area contributed by atoms with E-state index in [0.29, 0.717) is 23.2 Å². The van der Waals surface area contributed by atoms with Gasteiger partial charge in [-0.3, -0.25) is 0 Å². The molecular formula is C20H17N3O4. The smallest absolute Gasteiger partial charge is 0.264 e. The average molecular weight is 363 g/mol. The van der Waals surface area contributed by atoms with E-state index in [-0.39, 0.29) is 6.61 Å². The topological polar surface area (TPSA) is 79.5 Å². The molecule has 0 saturated carbocycles. The number of rotatable bonds is 6. The van der Waals surface area contributed by atoms with Gasteiger partial charge in [-0.05, 0) is 36.4 Å². The highest BCUT2D eigenvalue weighted by atomic mass is 16.5.